The van der Waals surface area contributed by atoms with Gasteiger partial charge >= 0.3 is 23.9 Å². The highest BCUT2D eigenvalue weighted by atomic mass is 16.6. The van der Waals surface area contributed by atoms with E-state index in [2.05, 4.69) is 20.1 Å². The standard InChI is InChI=1S/C45H74N6O19/c1-3-13-56-20-24-60-28-32-68-43(54)10-7-17-69-44-39(64-15-5-8-41(52)66-33-29-61-26-22-58-18-11-48-50-46)36-38(45(55)70-35-31-63-25-21-57-14-4-2)37-40(44)65-16-6-9-42(53)67-34-30-62-27-23-59-19-12-49-51-47/h36-37H,3-35H2,1-2H3. The first-order valence-corrected chi connectivity index (χ1v) is 23.7. The molecule has 0 fully saturated rings. The van der Waals surface area contributed by atoms with Gasteiger partial charge in [-0.1, -0.05) is 24.1 Å². The molecule has 0 radical (unpaired) electrons. The van der Waals surface area contributed by atoms with Crippen LogP contribution in [0.15, 0.2) is 22.4 Å². The lowest BCUT2D eigenvalue weighted by Gasteiger charge is -2.19. The third-order valence-corrected chi connectivity index (χ3v) is 8.51. The first-order valence-electron chi connectivity index (χ1n) is 23.7. The Hall–Kier alpha value is -5.20. The molecule has 0 saturated carbocycles. The van der Waals surface area contributed by atoms with Crippen LogP contribution in [0.1, 0.15) is 75.6 Å². The molecule has 0 N–H and O–H groups in total. The molecule has 25 nitrogen and oxygen atoms in total. The number of azide groups is 2. The summed E-state index contributed by atoms with van der Waals surface area (Å²) in [7, 11) is 0. The Morgan fingerprint density at radius 3 is 1.09 bits per heavy atom. The predicted octanol–water partition coefficient (Wildman–Crippen LogP) is 5.52. The molecule has 70 heavy (non-hydrogen) atoms. The average Bonchev–Trinajstić information content (AvgIpc) is 3.36. The van der Waals surface area contributed by atoms with E-state index in [1.165, 1.54) is 12.1 Å². The van der Waals surface area contributed by atoms with Crippen LogP contribution in [0, 0.1) is 0 Å². The smallest absolute Gasteiger partial charge is 0.338 e. The van der Waals surface area contributed by atoms with Crippen LogP contribution < -0.4 is 14.2 Å². The van der Waals surface area contributed by atoms with Gasteiger partial charge in [-0.15, -0.1) is 0 Å². The Morgan fingerprint density at radius 2 is 0.729 bits per heavy atom. The molecule has 398 valence electrons. The van der Waals surface area contributed by atoms with Crippen LogP contribution in [0.5, 0.6) is 17.2 Å². The molecule has 0 aliphatic carbocycles. The van der Waals surface area contributed by atoms with E-state index in [0.717, 1.165) is 12.8 Å². The van der Waals surface area contributed by atoms with E-state index in [1.54, 1.807) is 0 Å². The van der Waals surface area contributed by atoms with Crippen molar-refractivity contribution >= 4 is 23.9 Å². The number of esters is 4. The molecule has 0 amide bonds. The summed E-state index contributed by atoms with van der Waals surface area (Å²) in [5.41, 5.74) is 16.6. The van der Waals surface area contributed by atoms with Crippen molar-refractivity contribution in [3.8, 4) is 17.2 Å². The molecule has 0 aromatic heterocycles. The lowest BCUT2D eigenvalue weighted by molar-refractivity contribution is -0.146. The lowest BCUT2D eigenvalue weighted by atomic mass is 10.1. The van der Waals surface area contributed by atoms with E-state index in [1.807, 2.05) is 13.8 Å². The first kappa shape index (κ1) is 62.8. The van der Waals surface area contributed by atoms with Crippen LogP contribution in [0.2, 0.25) is 0 Å². The van der Waals surface area contributed by atoms with Gasteiger partial charge in [0, 0.05) is 55.4 Å². The minimum absolute atomic E-state index is 0.000152. The predicted molar refractivity (Wildman–Crippen MR) is 249 cm³/mol. The monoisotopic (exact) mass is 1000 g/mol. The normalized spacial score (nSPS) is 10.7. The Kier molecular flexibility index (Phi) is 42.6. The van der Waals surface area contributed by atoms with E-state index >= 15 is 0 Å². The van der Waals surface area contributed by atoms with E-state index in [4.69, 9.17) is 82.1 Å². The van der Waals surface area contributed by atoms with Gasteiger partial charge in [0.25, 0.3) is 0 Å². The molecule has 1 rings (SSSR count). The van der Waals surface area contributed by atoms with Crippen LogP contribution in [-0.2, 0) is 71.2 Å². The van der Waals surface area contributed by atoms with Crippen molar-refractivity contribution in [2.75, 3.05) is 165 Å². The number of ether oxygens (including phenoxy) is 15. The molecule has 0 spiro atoms. The van der Waals surface area contributed by atoms with Gasteiger partial charge in [-0.25, -0.2) is 4.79 Å². The van der Waals surface area contributed by atoms with Crippen molar-refractivity contribution in [2.24, 2.45) is 10.2 Å². The zero-order chi connectivity index (χ0) is 50.8. The summed E-state index contributed by atoms with van der Waals surface area (Å²) >= 11 is 0. The van der Waals surface area contributed by atoms with Crippen molar-refractivity contribution in [3.05, 3.63) is 38.6 Å². The maximum absolute atomic E-state index is 13.4. The number of nitrogens with zero attached hydrogens (tertiary/aromatic N) is 6. The van der Waals surface area contributed by atoms with Gasteiger partial charge in [0.05, 0.1) is 118 Å². The number of benzene rings is 1. The molecule has 0 bridgehead atoms. The average molecular weight is 1000 g/mol. The Labute approximate surface area is 409 Å². The molecule has 0 aliphatic heterocycles. The van der Waals surface area contributed by atoms with Gasteiger partial charge in [0.15, 0.2) is 11.5 Å². The minimum atomic E-state index is -0.705. The molecule has 0 unspecified atom stereocenters. The fraction of sp³-hybridized carbons (Fsp3) is 0.778. The number of carbonyl (C=O) groups excluding carboxylic acids is 4. The van der Waals surface area contributed by atoms with Gasteiger partial charge in [-0.2, -0.15) is 0 Å². The van der Waals surface area contributed by atoms with Gasteiger partial charge in [-0.3, -0.25) is 14.4 Å². The van der Waals surface area contributed by atoms with Crippen LogP contribution >= 0.6 is 0 Å². The lowest BCUT2D eigenvalue weighted by Crippen LogP contribution is -2.15. The largest absolute Gasteiger partial charge is 0.490 e. The molecule has 1 aromatic carbocycles. The van der Waals surface area contributed by atoms with Gasteiger partial charge in [-0.05, 0) is 55.3 Å². The minimum Gasteiger partial charge on any atom is -0.490 e. The Morgan fingerprint density at radius 1 is 0.414 bits per heavy atom. The number of hydrogen-bond acceptors (Lipinski definition) is 21. The van der Waals surface area contributed by atoms with Crippen molar-refractivity contribution < 1.29 is 90.2 Å². The number of hydrogen-bond donors (Lipinski definition) is 0. The molecule has 0 atom stereocenters. The number of rotatable bonds is 50. The summed E-state index contributed by atoms with van der Waals surface area (Å²) in [5, 5.41) is 6.74. The van der Waals surface area contributed by atoms with Crippen molar-refractivity contribution in [1.82, 2.24) is 0 Å². The highest BCUT2D eigenvalue weighted by Gasteiger charge is 2.21. The molecule has 0 saturated heterocycles. The quantitative estimate of drug-likeness (QED) is 0.0194. The first-order chi connectivity index (χ1) is 34.4. The summed E-state index contributed by atoms with van der Waals surface area (Å²) in [5.74, 6) is -1.81. The summed E-state index contributed by atoms with van der Waals surface area (Å²) in [6, 6.07) is 2.85. The summed E-state index contributed by atoms with van der Waals surface area (Å²) < 4.78 is 82.6. The molecule has 0 heterocycles. The summed E-state index contributed by atoms with van der Waals surface area (Å²) in [6.07, 6.45) is 2.53. The zero-order valence-corrected chi connectivity index (χ0v) is 40.9. The van der Waals surface area contributed by atoms with Crippen LogP contribution in [0.25, 0.3) is 20.9 Å². The maximum Gasteiger partial charge on any atom is 0.338 e. The van der Waals surface area contributed by atoms with E-state index in [-0.39, 0.29) is 174 Å². The molecule has 25 heteroatoms. The van der Waals surface area contributed by atoms with Gasteiger partial charge < -0.3 is 71.1 Å². The van der Waals surface area contributed by atoms with Gasteiger partial charge in [0.1, 0.15) is 26.4 Å². The summed E-state index contributed by atoms with van der Waals surface area (Å²) in [4.78, 5) is 56.0. The second-order valence-corrected chi connectivity index (χ2v) is 14.3. The van der Waals surface area contributed by atoms with E-state index < -0.39 is 23.9 Å². The Balaban J connectivity index is 2.97. The van der Waals surface area contributed by atoms with Crippen molar-refractivity contribution in [2.45, 2.75) is 65.2 Å². The molecular formula is C45H74N6O19. The second-order valence-electron chi connectivity index (χ2n) is 14.3. The van der Waals surface area contributed by atoms with Crippen LogP contribution in [0.3, 0.4) is 0 Å². The summed E-state index contributed by atoms with van der Waals surface area (Å²) in [6.45, 7) is 9.76. The Bertz CT molecular complexity index is 1540. The highest BCUT2D eigenvalue weighted by molar-refractivity contribution is 5.91. The van der Waals surface area contributed by atoms with Crippen molar-refractivity contribution in [1.29, 1.82) is 0 Å². The number of carbonyl (C=O) groups is 4. The SMILES string of the molecule is CCCOCCOCCOC(=O)CCCOc1c(OCCCC(=O)OCCOCCOCCN=[N+]=[N-])cc(C(=O)OCCOCCOCCC)cc1OCCCC(=O)OCCOCCOCCN=[N+]=[N-]. The fourth-order valence-electron chi connectivity index (χ4n) is 5.25. The van der Waals surface area contributed by atoms with Gasteiger partial charge in [0.2, 0.25) is 5.75 Å². The second kappa shape index (κ2) is 47.5. The maximum atomic E-state index is 13.4. The van der Waals surface area contributed by atoms with E-state index in [9.17, 15) is 19.2 Å². The van der Waals surface area contributed by atoms with E-state index in [0.29, 0.717) is 52.9 Å². The molecular weight excluding hydrogens is 929 g/mol. The molecule has 0 aliphatic rings. The van der Waals surface area contributed by atoms with Crippen LogP contribution in [0.4, 0.5) is 0 Å². The zero-order valence-electron chi connectivity index (χ0n) is 40.9. The highest BCUT2D eigenvalue weighted by Crippen LogP contribution is 2.40. The third kappa shape index (κ3) is 37.7. The van der Waals surface area contributed by atoms with Crippen LogP contribution in [-0.4, -0.2) is 189 Å². The topological polar surface area (TPSA) is 304 Å². The van der Waals surface area contributed by atoms with Crippen molar-refractivity contribution in [3.63, 3.8) is 0 Å². The fourth-order valence-corrected chi connectivity index (χ4v) is 5.25. The third-order valence-electron chi connectivity index (χ3n) is 8.51. The molecule has 1 aromatic rings.